The van der Waals surface area contributed by atoms with Crippen molar-refractivity contribution < 1.29 is 9.84 Å². The molecule has 1 aliphatic rings. The van der Waals surface area contributed by atoms with Crippen LogP contribution in [-0.4, -0.2) is 34.8 Å². The quantitative estimate of drug-likeness (QED) is 0.804. The van der Waals surface area contributed by atoms with Gasteiger partial charge in [-0.2, -0.15) is 0 Å². The van der Waals surface area contributed by atoms with Gasteiger partial charge in [-0.25, -0.2) is 9.97 Å². The lowest BCUT2D eigenvalue weighted by Crippen LogP contribution is -2.22. The number of aliphatic hydroxyl groups excluding tert-OH is 1. The lowest BCUT2D eigenvalue weighted by Gasteiger charge is -2.16. The van der Waals surface area contributed by atoms with Crippen LogP contribution in [0.4, 0.5) is 5.82 Å². The monoisotopic (exact) mass is 257 g/mol. The van der Waals surface area contributed by atoms with E-state index in [1.54, 1.807) is 0 Å². The standard InChI is InChI=1S/C11H16ClN3O2/c1-17-9-10(12)14-6-15-11(9)13-5-7-3-2-4-8(7)16/h6-8,16H,2-5H2,1H3,(H,13,14,15). The zero-order chi connectivity index (χ0) is 12.3. The summed E-state index contributed by atoms with van der Waals surface area (Å²) in [4.78, 5) is 7.93. The molecule has 1 heterocycles. The predicted octanol–water partition coefficient (Wildman–Crippen LogP) is 1.71. The highest BCUT2D eigenvalue weighted by molar-refractivity contribution is 6.31. The van der Waals surface area contributed by atoms with Crippen molar-refractivity contribution in [1.29, 1.82) is 0 Å². The summed E-state index contributed by atoms with van der Waals surface area (Å²) < 4.78 is 5.14. The maximum Gasteiger partial charge on any atom is 0.198 e. The second-order valence-corrected chi connectivity index (χ2v) is 4.54. The van der Waals surface area contributed by atoms with Crippen molar-refractivity contribution in [2.45, 2.75) is 25.4 Å². The number of aromatic nitrogens is 2. The van der Waals surface area contributed by atoms with Crippen LogP contribution in [0, 0.1) is 5.92 Å². The zero-order valence-electron chi connectivity index (χ0n) is 9.69. The number of aliphatic hydroxyl groups is 1. The summed E-state index contributed by atoms with van der Waals surface area (Å²) in [6, 6.07) is 0. The highest BCUT2D eigenvalue weighted by Crippen LogP contribution is 2.30. The first-order valence-corrected chi connectivity index (χ1v) is 6.06. The minimum Gasteiger partial charge on any atom is -0.490 e. The summed E-state index contributed by atoms with van der Waals surface area (Å²) >= 11 is 5.89. The van der Waals surface area contributed by atoms with Crippen LogP contribution in [0.3, 0.4) is 0 Å². The summed E-state index contributed by atoms with van der Waals surface area (Å²) in [5.41, 5.74) is 0. The largest absolute Gasteiger partial charge is 0.490 e. The fraction of sp³-hybridized carbons (Fsp3) is 0.636. The zero-order valence-corrected chi connectivity index (χ0v) is 10.4. The molecule has 0 aromatic carbocycles. The van der Waals surface area contributed by atoms with Crippen LogP contribution in [0.2, 0.25) is 5.15 Å². The van der Waals surface area contributed by atoms with Crippen LogP contribution >= 0.6 is 11.6 Å². The van der Waals surface area contributed by atoms with Gasteiger partial charge in [-0.05, 0) is 12.8 Å². The minimum absolute atomic E-state index is 0.217. The van der Waals surface area contributed by atoms with Gasteiger partial charge in [0.1, 0.15) is 6.33 Å². The van der Waals surface area contributed by atoms with Gasteiger partial charge in [0.2, 0.25) is 0 Å². The third-order valence-electron chi connectivity index (χ3n) is 3.12. The highest BCUT2D eigenvalue weighted by Gasteiger charge is 2.25. The van der Waals surface area contributed by atoms with Gasteiger partial charge in [0.15, 0.2) is 16.7 Å². The normalized spacial score (nSPS) is 23.7. The van der Waals surface area contributed by atoms with Gasteiger partial charge < -0.3 is 15.2 Å². The van der Waals surface area contributed by atoms with Gasteiger partial charge >= 0.3 is 0 Å². The Morgan fingerprint density at radius 3 is 3.00 bits per heavy atom. The van der Waals surface area contributed by atoms with Crippen LogP contribution in [0.5, 0.6) is 5.75 Å². The van der Waals surface area contributed by atoms with Crippen LogP contribution in [0.25, 0.3) is 0 Å². The van der Waals surface area contributed by atoms with Crippen molar-refractivity contribution in [2.24, 2.45) is 5.92 Å². The lowest BCUT2D eigenvalue weighted by atomic mass is 10.1. The molecule has 1 aromatic heterocycles. The molecule has 1 aromatic rings. The SMILES string of the molecule is COc1c(Cl)ncnc1NCC1CCCC1O. The topological polar surface area (TPSA) is 67.3 Å². The molecule has 17 heavy (non-hydrogen) atoms. The van der Waals surface area contributed by atoms with E-state index < -0.39 is 0 Å². The average Bonchev–Trinajstić information content (AvgIpc) is 2.72. The maximum absolute atomic E-state index is 9.72. The molecule has 2 rings (SSSR count). The molecule has 0 spiro atoms. The van der Waals surface area contributed by atoms with Crippen molar-refractivity contribution in [1.82, 2.24) is 9.97 Å². The van der Waals surface area contributed by atoms with Gasteiger partial charge in [-0.1, -0.05) is 18.0 Å². The fourth-order valence-corrected chi connectivity index (χ4v) is 2.35. The smallest absolute Gasteiger partial charge is 0.198 e. The molecule has 6 heteroatoms. The van der Waals surface area contributed by atoms with Crippen molar-refractivity contribution in [3.05, 3.63) is 11.5 Å². The molecule has 94 valence electrons. The average molecular weight is 258 g/mol. The first-order chi connectivity index (χ1) is 8.22. The molecular formula is C11H16ClN3O2. The van der Waals surface area contributed by atoms with Crippen LogP contribution in [0.15, 0.2) is 6.33 Å². The third kappa shape index (κ3) is 2.79. The van der Waals surface area contributed by atoms with Crippen LogP contribution in [0.1, 0.15) is 19.3 Å². The van der Waals surface area contributed by atoms with Gasteiger partial charge in [0.05, 0.1) is 13.2 Å². The molecule has 1 aliphatic carbocycles. The summed E-state index contributed by atoms with van der Waals surface area (Å²) in [7, 11) is 1.53. The van der Waals surface area contributed by atoms with Gasteiger partial charge in [0, 0.05) is 12.5 Å². The first kappa shape index (κ1) is 12.4. The molecule has 1 saturated carbocycles. The first-order valence-electron chi connectivity index (χ1n) is 5.68. The molecule has 5 nitrogen and oxygen atoms in total. The van der Waals surface area contributed by atoms with Crippen LogP contribution < -0.4 is 10.1 Å². The molecule has 1 fully saturated rings. The Bertz CT molecular complexity index is 389. The summed E-state index contributed by atoms with van der Waals surface area (Å²) in [6.45, 7) is 0.671. The lowest BCUT2D eigenvalue weighted by molar-refractivity contribution is 0.138. The Morgan fingerprint density at radius 1 is 1.53 bits per heavy atom. The number of methoxy groups -OCH3 is 1. The van der Waals surface area contributed by atoms with E-state index in [2.05, 4.69) is 15.3 Å². The number of nitrogens with zero attached hydrogens (tertiary/aromatic N) is 2. The molecular weight excluding hydrogens is 242 g/mol. The molecule has 2 atom stereocenters. The number of halogens is 1. The highest BCUT2D eigenvalue weighted by atomic mass is 35.5. The number of rotatable bonds is 4. The molecule has 0 saturated heterocycles. The van der Waals surface area contributed by atoms with Crippen LogP contribution in [-0.2, 0) is 0 Å². The number of nitrogens with one attached hydrogen (secondary N) is 1. The Labute approximate surface area is 105 Å². The van der Waals surface area contributed by atoms with E-state index in [4.69, 9.17) is 16.3 Å². The van der Waals surface area contributed by atoms with Crippen molar-refractivity contribution >= 4 is 17.4 Å². The number of ether oxygens (including phenoxy) is 1. The van der Waals surface area contributed by atoms with Gasteiger partial charge in [-0.15, -0.1) is 0 Å². The second-order valence-electron chi connectivity index (χ2n) is 4.19. The summed E-state index contributed by atoms with van der Waals surface area (Å²) in [5.74, 6) is 1.29. The summed E-state index contributed by atoms with van der Waals surface area (Å²) in [5, 5.41) is 13.2. The summed E-state index contributed by atoms with van der Waals surface area (Å²) in [6.07, 6.45) is 4.17. The predicted molar refractivity (Wildman–Crippen MR) is 65.4 cm³/mol. The van der Waals surface area contributed by atoms with E-state index >= 15 is 0 Å². The number of hydrogen-bond donors (Lipinski definition) is 2. The Kier molecular flexibility index (Phi) is 4.02. The van der Waals surface area contributed by atoms with Crippen molar-refractivity contribution in [3.63, 3.8) is 0 Å². The van der Waals surface area contributed by atoms with Gasteiger partial charge in [-0.3, -0.25) is 0 Å². The van der Waals surface area contributed by atoms with E-state index in [1.165, 1.54) is 13.4 Å². The Balaban J connectivity index is 2.01. The fourth-order valence-electron chi connectivity index (χ4n) is 2.14. The maximum atomic E-state index is 9.72. The van der Waals surface area contributed by atoms with E-state index in [0.29, 0.717) is 18.1 Å². The number of anilines is 1. The van der Waals surface area contributed by atoms with E-state index in [0.717, 1.165) is 19.3 Å². The second kappa shape index (κ2) is 5.51. The number of hydrogen-bond acceptors (Lipinski definition) is 5. The Morgan fingerprint density at radius 2 is 2.35 bits per heavy atom. The molecule has 2 N–H and O–H groups in total. The van der Waals surface area contributed by atoms with Crippen molar-refractivity contribution in [2.75, 3.05) is 19.0 Å². The molecule has 0 bridgehead atoms. The molecule has 0 amide bonds. The Hall–Kier alpha value is -1.07. The molecule has 0 aliphatic heterocycles. The van der Waals surface area contributed by atoms with Crippen molar-refractivity contribution in [3.8, 4) is 5.75 Å². The van der Waals surface area contributed by atoms with Gasteiger partial charge in [0.25, 0.3) is 0 Å². The molecule has 2 unspecified atom stereocenters. The third-order valence-corrected chi connectivity index (χ3v) is 3.38. The van der Waals surface area contributed by atoms with E-state index in [-0.39, 0.29) is 17.2 Å². The minimum atomic E-state index is -0.217. The van der Waals surface area contributed by atoms with E-state index in [1.807, 2.05) is 0 Å². The van der Waals surface area contributed by atoms with E-state index in [9.17, 15) is 5.11 Å². The molecule has 0 radical (unpaired) electrons.